The van der Waals surface area contributed by atoms with Gasteiger partial charge in [0, 0.05) is 36.9 Å². The molecule has 0 radical (unpaired) electrons. The van der Waals surface area contributed by atoms with E-state index in [2.05, 4.69) is 10.3 Å². The maximum absolute atomic E-state index is 13.3. The minimum absolute atomic E-state index is 0.0559. The first kappa shape index (κ1) is 19.5. The van der Waals surface area contributed by atoms with Crippen molar-refractivity contribution in [3.05, 3.63) is 30.1 Å². The summed E-state index contributed by atoms with van der Waals surface area (Å²) in [5.41, 5.74) is 5.40. The van der Waals surface area contributed by atoms with Crippen LogP contribution in [0.15, 0.2) is 24.5 Å². The zero-order chi connectivity index (χ0) is 21.1. The van der Waals surface area contributed by atoms with Gasteiger partial charge < -0.3 is 16.0 Å². The lowest BCUT2D eigenvalue weighted by molar-refractivity contribution is -0.151. The molecular weight excluding hydrogens is 380 g/mol. The van der Waals surface area contributed by atoms with E-state index in [-0.39, 0.29) is 29.2 Å². The minimum Gasteiger partial charge on any atom is -0.369 e. The van der Waals surface area contributed by atoms with Gasteiger partial charge in [-0.1, -0.05) is 0 Å². The molecule has 5 aliphatic rings. The number of nitrogens with one attached hydrogen (secondary N) is 1. The standard InChI is InChI=1S/C23H30N4O3/c1-22(4-7-27(21(22)30)13-14-2-5-25-6-3-14)20(29)26-18-16-8-15-9-17(18)12-23(10-15,11-16)19(24)28/h2-3,5-6,15-18H,4,7-13H2,1H3,(H2,24,28)(H,26,29)/t15?,16-,17+,18?,22?,23?. The minimum atomic E-state index is -1.02. The molecule has 0 spiro atoms. The molecule has 0 aromatic carbocycles. The number of likely N-dealkylation sites (tertiary alicyclic amines) is 1. The van der Waals surface area contributed by atoms with Crippen LogP contribution in [0, 0.1) is 28.6 Å². The monoisotopic (exact) mass is 410 g/mol. The third-order valence-electron chi connectivity index (χ3n) is 8.36. The average Bonchev–Trinajstić information content (AvgIpc) is 3.00. The number of hydrogen-bond acceptors (Lipinski definition) is 4. The van der Waals surface area contributed by atoms with Crippen LogP contribution in [0.25, 0.3) is 0 Å². The number of aromatic nitrogens is 1. The number of hydrogen-bond donors (Lipinski definition) is 2. The van der Waals surface area contributed by atoms with Gasteiger partial charge in [-0.05, 0) is 80.9 Å². The Labute approximate surface area is 176 Å². The first-order chi connectivity index (χ1) is 14.3. The number of primary amides is 1. The van der Waals surface area contributed by atoms with Crippen molar-refractivity contribution in [1.82, 2.24) is 15.2 Å². The molecular formula is C23H30N4O3. The Bertz CT molecular complexity index is 872. The SMILES string of the molecule is CC1(C(=O)NC2[C@@H]3CC4C[C@H]2CC(C(N)=O)(C4)C3)CCN(Cc2ccncc2)C1=O. The Morgan fingerprint density at radius 3 is 2.50 bits per heavy atom. The summed E-state index contributed by atoms with van der Waals surface area (Å²) in [5.74, 6) is 0.699. The molecule has 30 heavy (non-hydrogen) atoms. The largest absolute Gasteiger partial charge is 0.369 e. The number of rotatable bonds is 5. The van der Waals surface area contributed by atoms with E-state index in [0.29, 0.717) is 37.3 Å². The molecule has 2 heterocycles. The average molecular weight is 411 g/mol. The van der Waals surface area contributed by atoms with E-state index >= 15 is 0 Å². The topological polar surface area (TPSA) is 105 Å². The first-order valence-corrected chi connectivity index (χ1v) is 11.1. The number of pyridine rings is 1. The van der Waals surface area contributed by atoms with E-state index in [1.54, 1.807) is 24.2 Å². The van der Waals surface area contributed by atoms with E-state index in [1.165, 1.54) is 0 Å². The second-order valence-corrected chi connectivity index (χ2v) is 10.3. The Morgan fingerprint density at radius 1 is 1.20 bits per heavy atom. The quantitative estimate of drug-likeness (QED) is 0.720. The Balaban J connectivity index is 1.28. The summed E-state index contributed by atoms with van der Waals surface area (Å²) in [5, 5.41) is 3.27. The van der Waals surface area contributed by atoms with E-state index in [0.717, 1.165) is 37.7 Å². The van der Waals surface area contributed by atoms with Gasteiger partial charge in [0.05, 0.1) is 0 Å². The molecule has 1 aliphatic heterocycles. The predicted molar refractivity (Wildman–Crippen MR) is 109 cm³/mol. The highest BCUT2D eigenvalue weighted by Gasteiger charge is 2.59. The number of carbonyl (C=O) groups is 3. The van der Waals surface area contributed by atoms with Crippen molar-refractivity contribution in [2.45, 2.75) is 58.0 Å². The molecule has 7 nitrogen and oxygen atoms in total. The molecule has 7 heteroatoms. The summed E-state index contributed by atoms with van der Waals surface area (Å²) in [6, 6.07) is 3.85. The van der Waals surface area contributed by atoms with Gasteiger partial charge in [0.15, 0.2) is 0 Å². The van der Waals surface area contributed by atoms with Crippen LogP contribution < -0.4 is 11.1 Å². The normalized spacial score (nSPS) is 39.4. The van der Waals surface area contributed by atoms with E-state index in [9.17, 15) is 14.4 Å². The van der Waals surface area contributed by atoms with Crippen LogP contribution in [0.4, 0.5) is 0 Å². The zero-order valence-electron chi connectivity index (χ0n) is 17.5. The lowest BCUT2D eigenvalue weighted by Crippen LogP contribution is -2.63. The second kappa shape index (κ2) is 6.79. The third kappa shape index (κ3) is 2.93. The van der Waals surface area contributed by atoms with Crippen LogP contribution in [-0.4, -0.2) is 40.2 Å². The van der Waals surface area contributed by atoms with Crippen LogP contribution in [0.1, 0.15) is 51.0 Å². The van der Waals surface area contributed by atoms with Gasteiger partial charge in [0.1, 0.15) is 5.41 Å². The molecule has 6 atom stereocenters. The number of nitrogens with zero attached hydrogens (tertiary/aromatic N) is 2. The Hall–Kier alpha value is -2.44. The molecule has 4 saturated carbocycles. The smallest absolute Gasteiger partial charge is 0.238 e. The molecule has 160 valence electrons. The van der Waals surface area contributed by atoms with Gasteiger partial charge in [-0.2, -0.15) is 0 Å². The Kier molecular flexibility index (Phi) is 4.42. The highest BCUT2D eigenvalue weighted by Crippen LogP contribution is 2.60. The summed E-state index contributed by atoms with van der Waals surface area (Å²) >= 11 is 0. The fourth-order valence-electron chi connectivity index (χ4n) is 6.86. The third-order valence-corrected chi connectivity index (χ3v) is 8.36. The van der Waals surface area contributed by atoms with Crippen molar-refractivity contribution >= 4 is 17.7 Å². The summed E-state index contributed by atoms with van der Waals surface area (Å²) in [7, 11) is 0. The van der Waals surface area contributed by atoms with Crippen molar-refractivity contribution in [3.8, 4) is 0 Å². The molecule has 4 aliphatic carbocycles. The highest BCUT2D eigenvalue weighted by atomic mass is 16.2. The van der Waals surface area contributed by atoms with Crippen molar-refractivity contribution in [1.29, 1.82) is 0 Å². The van der Waals surface area contributed by atoms with Crippen molar-refractivity contribution in [2.24, 2.45) is 34.3 Å². The fraction of sp³-hybridized carbons (Fsp3) is 0.652. The molecule has 4 bridgehead atoms. The zero-order valence-corrected chi connectivity index (χ0v) is 17.5. The van der Waals surface area contributed by atoms with Crippen LogP contribution >= 0.6 is 0 Å². The van der Waals surface area contributed by atoms with Crippen LogP contribution in [0.5, 0.6) is 0 Å². The van der Waals surface area contributed by atoms with Gasteiger partial charge in [-0.3, -0.25) is 19.4 Å². The van der Waals surface area contributed by atoms with Gasteiger partial charge in [0.2, 0.25) is 17.7 Å². The van der Waals surface area contributed by atoms with Gasteiger partial charge in [-0.15, -0.1) is 0 Å². The van der Waals surface area contributed by atoms with E-state index < -0.39 is 5.41 Å². The first-order valence-electron chi connectivity index (χ1n) is 11.1. The number of nitrogens with two attached hydrogens (primary N) is 1. The van der Waals surface area contributed by atoms with Crippen LogP contribution in [0.3, 0.4) is 0 Å². The number of amides is 3. The van der Waals surface area contributed by atoms with Crippen molar-refractivity contribution < 1.29 is 14.4 Å². The summed E-state index contributed by atoms with van der Waals surface area (Å²) in [4.78, 5) is 44.4. The van der Waals surface area contributed by atoms with Gasteiger partial charge in [-0.25, -0.2) is 0 Å². The summed E-state index contributed by atoms with van der Waals surface area (Å²) < 4.78 is 0. The molecule has 4 unspecified atom stereocenters. The van der Waals surface area contributed by atoms with Crippen molar-refractivity contribution in [3.63, 3.8) is 0 Å². The molecule has 1 aromatic heterocycles. The molecule has 5 fully saturated rings. The molecule has 6 rings (SSSR count). The maximum Gasteiger partial charge on any atom is 0.238 e. The highest BCUT2D eigenvalue weighted by molar-refractivity contribution is 6.06. The molecule has 3 amide bonds. The van der Waals surface area contributed by atoms with Crippen LogP contribution in [-0.2, 0) is 20.9 Å². The van der Waals surface area contributed by atoms with Gasteiger partial charge >= 0.3 is 0 Å². The summed E-state index contributed by atoms with van der Waals surface area (Å²) in [6.45, 7) is 2.86. The maximum atomic E-state index is 13.3. The van der Waals surface area contributed by atoms with Crippen LogP contribution in [0.2, 0.25) is 0 Å². The summed E-state index contributed by atoms with van der Waals surface area (Å²) in [6.07, 6.45) is 8.53. The van der Waals surface area contributed by atoms with E-state index in [1.807, 2.05) is 12.1 Å². The second-order valence-electron chi connectivity index (χ2n) is 10.3. The molecule has 3 N–H and O–H groups in total. The van der Waals surface area contributed by atoms with Crippen molar-refractivity contribution in [2.75, 3.05) is 6.54 Å². The predicted octanol–water partition coefficient (Wildman–Crippen LogP) is 1.62. The van der Waals surface area contributed by atoms with Gasteiger partial charge in [0.25, 0.3) is 0 Å². The molecule has 1 aromatic rings. The lowest BCUT2D eigenvalue weighted by atomic mass is 9.47. The van der Waals surface area contributed by atoms with E-state index in [4.69, 9.17) is 5.73 Å². The fourth-order valence-corrected chi connectivity index (χ4v) is 6.86. The molecule has 1 saturated heterocycles. The lowest BCUT2D eigenvalue weighted by Gasteiger charge is -2.59. The Morgan fingerprint density at radius 2 is 1.87 bits per heavy atom. The number of carbonyl (C=O) groups excluding carboxylic acids is 3.